The second kappa shape index (κ2) is 6.20. The zero-order valence-electron chi connectivity index (χ0n) is 11.2. The van der Waals surface area contributed by atoms with E-state index in [2.05, 4.69) is 43.4 Å². The number of hydrogen-bond donors (Lipinski definition) is 1. The fourth-order valence-electron chi connectivity index (χ4n) is 2.65. The van der Waals surface area contributed by atoms with Crippen molar-refractivity contribution in [3.8, 4) is 0 Å². The molecule has 0 radical (unpaired) electrons. The first kappa shape index (κ1) is 12.6. The van der Waals surface area contributed by atoms with Crippen LogP contribution in [0.2, 0.25) is 0 Å². The average molecular weight is 231 g/mol. The van der Waals surface area contributed by atoms with Crippen LogP contribution in [0.25, 0.3) is 0 Å². The maximum absolute atomic E-state index is 3.60. The Morgan fingerprint density at radius 3 is 2.35 bits per heavy atom. The lowest BCUT2D eigenvalue weighted by atomic mass is 9.75. The van der Waals surface area contributed by atoms with Crippen LogP contribution in [0.1, 0.15) is 56.6 Å². The Labute approximate surface area is 106 Å². The third-order valence-corrected chi connectivity index (χ3v) is 3.81. The minimum Gasteiger partial charge on any atom is -0.314 e. The van der Waals surface area contributed by atoms with Crippen molar-refractivity contribution in [3.63, 3.8) is 0 Å². The van der Waals surface area contributed by atoms with Gasteiger partial charge in [-0.05, 0) is 49.3 Å². The molecule has 1 aliphatic rings. The minimum atomic E-state index is 0.773. The number of nitrogens with one attached hydrogen (secondary N) is 1. The molecular formula is C16H25N. The van der Waals surface area contributed by atoms with Crippen molar-refractivity contribution >= 4 is 0 Å². The second-order valence-corrected chi connectivity index (χ2v) is 5.31. The van der Waals surface area contributed by atoms with Crippen molar-refractivity contribution < 1.29 is 0 Å². The highest BCUT2D eigenvalue weighted by atomic mass is 14.9. The van der Waals surface area contributed by atoms with Crippen molar-refractivity contribution in [1.29, 1.82) is 0 Å². The molecule has 0 atom stereocenters. The molecule has 1 saturated carbocycles. The third-order valence-electron chi connectivity index (χ3n) is 3.81. The summed E-state index contributed by atoms with van der Waals surface area (Å²) in [5, 5.41) is 3.60. The van der Waals surface area contributed by atoms with Crippen molar-refractivity contribution in [2.45, 2.75) is 57.9 Å². The first-order valence-corrected chi connectivity index (χ1v) is 7.15. The molecule has 0 bridgehead atoms. The van der Waals surface area contributed by atoms with E-state index < -0.39 is 0 Å². The largest absolute Gasteiger partial charge is 0.314 e. The standard InChI is InChI=1S/C16H25N/c1-3-5-13-6-8-14(9-7-13)15-11-16(12-15)17-10-4-2/h6-9,15-17H,3-5,10-12H2,1-2H3. The topological polar surface area (TPSA) is 12.0 Å². The fraction of sp³-hybridized carbons (Fsp3) is 0.625. The predicted molar refractivity (Wildman–Crippen MR) is 74.5 cm³/mol. The number of rotatable bonds is 6. The molecule has 0 heterocycles. The molecule has 2 rings (SSSR count). The highest BCUT2D eigenvalue weighted by molar-refractivity contribution is 5.27. The molecule has 1 heteroatoms. The summed E-state index contributed by atoms with van der Waals surface area (Å²) in [4.78, 5) is 0. The normalized spacial score (nSPS) is 23.4. The summed E-state index contributed by atoms with van der Waals surface area (Å²) in [5.41, 5.74) is 3.02. The Morgan fingerprint density at radius 2 is 1.76 bits per heavy atom. The Balaban J connectivity index is 1.80. The van der Waals surface area contributed by atoms with E-state index in [0.29, 0.717) is 0 Å². The molecule has 0 aromatic heterocycles. The van der Waals surface area contributed by atoms with E-state index in [9.17, 15) is 0 Å². The molecule has 1 aromatic carbocycles. The molecule has 1 aromatic rings. The van der Waals surface area contributed by atoms with Crippen molar-refractivity contribution in [2.24, 2.45) is 0 Å². The van der Waals surface area contributed by atoms with Crippen molar-refractivity contribution in [2.75, 3.05) is 6.54 Å². The Morgan fingerprint density at radius 1 is 1.06 bits per heavy atom. The SMILES string of the molecule is CCCNC1CC(c2ccc(CCC)cc2)C1. The summed E-state index contributed by atoms with van der Waals surface area (Å²) >= 11 is 0. The molecule has 1 N–H and O–H groups in total. The summed E-state index contributed by atoms with van der Waals surface area (Å²) in [6.45, 7) is 5.65. The summed E-state index contributed by atoms with van der Waals surface area (Å²) in [6, 6.07) is 10.1. The number of hydrogen-bond acceptors (Lipinski definition) is 1. The second-order valence-electron chi connectivity index (χ2n) is 5.31. The smallest absolute Gasteiger partial charge is 0.00787 e. The zero-order valence-corrected chi connectivity index (χ0v) is 11.2. The van der Waals surface area contributed by atoms with Gasteiger partial charge in [0.05, 0.1) is 0 Å². The van der Waals surface area contributed by atoms with Crippen LogP contribution in [0.15, 0.2) is 24.3 Å². The predicted octanol–water partition coefficient (Wildman–Crippen LogP) is 3.88. The molecule has 0 aliphatic heterocycles. The molecule has 0 saturated heterocycles. The molecular weight excluding hydrogens is 206 g/mol. The molecule has 17 heavy (non-hydrogen) atoms. The van der Waals surface area contributed by atoms with Crippen molar-refractivity contribution in [3.05, 3.63) is 35.4 Å². The van der Waals surface area contributed by atoms with E-state index in [1.165, 1.54) is 44.2 Å². The van der Waals surface area contributed by atoms with Gasteiger partial charge in [-0.2, -0.15) is 0 Å². The van der Waals surface area contributed by atoms with Crippen LogP contribution in [0.4, 0.5) is 0 Å². The van der Waals surface area contributed by atoms with Gasteiger partial charge in [0.25, 0.3) is 0 Å². The van der Waals surface area contributed by atoms with Crippen LogP contribution in [-0.2, 0) is 6.42 Å². The van der Waals surface area contributed by atoms with Gasteiger partial charge >= 0.3 is 0 Å². The van der Waals surface area contributed by atoms with E-state index >= 15 is 0 Å². The van der Waals surface area contributed by atoms with Gasteiger partial charge in [0, 0.05) is 6.04 Å². The maximum Gasteiger partial charge on any atom is 0.00787 e. The van der Waals surface area contributed by atoms with E-state index in [4.69, 9.17) is 0 Å². The van der Waals surface area contributed by atoms with E-state index in [1.54, 1.807) is 5.56 Å². The first-order chi connectivity index (χ1) is 8.33. The van der Waals surface area contributed by atoms with Gasteiger partial charge < -0.3 is 5.32 Å². The number of aryl methyl sites for hydroxylation is 1. The van der Waals surface area contributed by atoms with Gasteiger partial charge in [-0.15, -0.1) is 0 Å². The van der Waals surface area contributed by atoms with Crippen LogP contribution < -0.4 is 5.32 Å². The first-order valence-electron chi connectivity index (χ1n) is 7.15. The lowest BCUT2D eigenvalue weighted by Gasteiger charge is -2.36. The zero-order chi connectivity index (χ0) is 12.1. The van der Waals surface area contributed by atoms with Crippen LogP contribution in [0.5, 0.6) is 0 Å². The summed E-state index contributed by atoms with van der Waals surface area (Å²) < 4.78 is 0. The van der Waals surface area contributed by atoms with Gasteiger partial charge in [0.1, 0.15) is 0 Å². The molecule has 1 nitrogen and oxygen atoms in total. The van der Waals surface area contributed by atoms with E-state index in [0.717, 1.165) is 12.0 Å². The van der Waals surface area contributed by atoms with Crippen molar-refractivity contribution in [1.82, 2.24) is 5.32 Å². The quantitative estimate of drug-likeness (QED) is 0.783. The summed E-state index contributed by atoms with van der Waals surface area (Å²) in [6.07, 6.45) is 6.35. The van der Waals surface area contributed by atoms with E-state index in [-0.39, 0.29) is 0 Å². The van der Waals surface area contributed by atoms with Gasteiger partial charge in [0.2, 0.25) is 0 Å². The molecule has 0 unspecified atom stereocenters. The van der Waals surface area contributed by atoms with Crippen LogP contribution in [0, 0.1) is 0 Å². The Kier molecular flexibility index (Phi) is 4.61. The molecule has 94 valence electrons. The summed E-state index contributed by atoms with van der Waals surface area (Å²) in [7, 11) is 0. The third kappa shape index (κ3) is 3.32. The van der Waals surface area contributed by atoms with E-state index in [1.807, 2.05) is 0 Å². The van der Waals surface area contributed by atoms with Crippen LogP contribution >= 0.6 is 0 Å². The minimum absolute atomic E-state index is 0.773. The molecule has 1 aliphatic carbocycles. The van der Waals surface area contributed by atoms with Crippen LogP contribution in [-0.4, -0.2) is 12.6 Å². The lowest BCUT2D eigenvalue weighted by molar-refractivity contribution is 0.292. The monoisotopic (exact) mass is 231 g/mol. The highest BCUT2D eigenvalue weighted by Crippen LogP contribution is 2.36. The highest BCUT2D eigenvalue weighted by Gasteiger charge is 2.29. The van der Waals surface area contributed by atoms with Crippen LogP contribution in [0.3, 0.4) is 0 Å². The molecule has 1 fully saturated rings. The lowest BCUT2D eigenvalue weighted by Crippen LogP contribution is -2.40. The van der Waals surface area contributed by atoms with Gasteiger partial charge in [-0.1, -0.05) is 44.5 Å². The maximum atomic E-state index is 3.60. The molecule has 0 spiro atoms. The van der Waals surface area contributed by atoms with Gasteiger partial charge in [0.15, 0.2) is 0 Å². The summed E-state index contributed by atoms with van der Waals surface area (Å²) in [5.74, 6) is 0.806. The van der Waals surface area contributed by atoms with Gasteiger partial charge in [-0.25, -0.2) is 0 Å². The Bertz CT molecular complexity index is 322. The average Bonchev–Trinajstić information content (AvgIpc) is 2.30. The number of benzene rings is 1. The fourth-order valence-corrected chi connectivity index (χ4v) is 2.65. The van der Waals surface area contributed by atoms with Gasteiger partial charge in [-0.3, -0.25) is 0 Å². The Hall–Kier alpha value is -0.820. The molecule has 0 amide bonds.